The van der Waals surface area contributed by atoms with Gasteiger partial charge in [-0.25, -0.2) is 4.98 Å². The Morgan fingerprint density at radius 2 is 1.90 bits per heavy atom. The Balaban J connectivity index is 1.71. The molecule has 2 aromatic carbocycles. The maximum atomic E-state index is 12.9. The van der Waals surface area contributed by atoms with Crippen LogP contribution in [0, 0.1) is 13.8 Å². The SMILES string of the molecule is Cc1ccc(-n2ccnc2SCC(=O)N(CCC(N)=O)Cc2ccccc2)c(C)c1. The molecule has 0 unspecified atom stereocenters. The Morgan fingerprint density at radius 3 is 2.60 bits per heavy atom. The average molecular weight is 423 g/mol. The molecular weight excluding hydrogens is 396 g/mol. The third-order valence-corrected chi connectivity index (χ3v) is 5.69. The molecule has 0 aliphatic carbocycles. The van der Waals surface area contributed by atoms with E-state index in [1.807, 2.05) is 41.1 Å². The van der Waals surface area contributed by atoms with Gasteiger partial charge in [0.15, 0.2) is 5.16 Å². The standard InChI is InChI=1S/C23H26N4O2S/c1-17-8-9-20(18(2)14-17)27-13-11-25-23(27)30-16-22(29)26(12-10-21(24)28)15-19-6-4-3-5-7-19/h3-9,11,13-14H,10,12,15-16H2,1-2H3,(H2,24,28). The summed E-state index contributed by atoms with van der Waals surface area (Å²) in [5.41, 5.74) is 9.70. The summed E-state index contributed by atoms with van der Waals surface area (Å²) in [4.78, 5) is 30.3. The molecule has 0 saturated heterocycles. The molecule has 7 heteroatoms. The monoisotopic (exact) mass is 422 g/mol. The van der Waals surface area contributed by atoms with Gasteiger partial charge in [-0.05, 0) is 31.0 Å². The van der Waals surface area contributed by atoms with Gasteiger partial charge < -0.3 is 10.6 Å². The van der Waals surface area contributed by atoms with Crippen molar-refractivity contribution in [2.45, 2.75) is 32.0 Å². The molecule has 0 aliphatic rings. The van der Waals surface area contributed by atoms with E-state index in [0.717, 1.165) is 22.0 Å². The lowest BCUT2D eigenvalue weighted by Crippen LogP contribution is -2.34. The first-order chi connectivity index (χ1) is 14.4. The number of nitrogens with zero attached hydrogens (tertiary/aromatic N) is 3. The zero-order valence-electron chi connectivity index (χ0n) is 17.2. The number of rotatable bonds is 9. The Kier molecular flexibility index (Phi) is 7.30. The third-order valence-electron chi connectivity index (χ3n) is 4.74. The normalized spacial score (nSPS) is 10.7. The number of thioether (sulfide) groups is 1. The van der Waals surface area contributed by atoms with Gasteiger partial charge >= 0.3 is 0 Å². The number of aromatic nitrogens is 2. The molecule has 0 aliphatic heterocycles. The molecule has 0 spiro atoms. The Labute approximate surface area is 181 Å². The fourth-order valence-corrected chi connectivity index (χ4v) is 4.08. The van der Waals surface area contributed by atoms with Gasteiger partial charge in [0, 0.05) is 31.9 Å². The molecule has 156 valence electrons. The largest absolute Gasteiger partial charge is 0.370 e. The molecule has 0 atom stereocenters. The van der Waals surface area contributed by atoms with Gasteiger partial charge in [-0.1, -0.05) is 59.8 Å². The maximum Gasteiger partial charge on any atom is 0.233 e. The summed E-state index contributed by atoms with van der Waals surface area (Å²) in [6.07, 6.45) is 3.78. The predicted octanol–water partition coefficient (Wildman–Crippen LogP) is 3.49. The lowest BCUT2D eigenvalue weighted by Gasteiger charge is -2.22. The number of benzene rings is 2. The van der Waals surface area contributed by atoms with Gasteiger partial charge in [-0.3, -0.25) is 14.2 Å². The molecular formula is C23H26N4O2S. The van der Waals surface area contributed by atoms with E-state index in [1.165, 1.54) is 17.3 Å². The summed E-state index contributed by atoms with van der Waals surface area (Å²) in [7, 11) is 0. The molecule has 2 amide bonds. The first-order valence-electron chi connectivity index (χ1n) is 9.78. The first-order valence-corrected chi connectivity index (χ1v) is 10.8. The Bertz CT molecular complexity index is 1020. The summed E-state index contributed by atoms with van der Waals surface area (Å²) < 4.78 is 2.00. The molecule has 3 aromatic rings. The number of carbonyl (C=O) groups is 2. The van der Waals surface area contributed by atoms with E-state index in [9.17, 15) is 9.59 Å². The molecule has 0 bridgehead atoms. The van der Waals surface area contributed by atoms with Crippen molar-refractivity contribution in [3.63, 3.8) is 0 Å². The molecule has 3 rings (SSSR count). The van der Waals surface area contributed by atoms with Crippen molar-refractivity contribution in [2.75, 3.05) is 12.3 Å². The minimum Gasteiger partial charge on any atom is -0.370 e. The lowest BCUT2D eigenvalue weighted by atomic mass is 10.1. The molecule has 1 aromatic heterocycles. The van der Waals surface area contributed by atoms with Crippen LogP contribution in [-0.4, -0.2) is 38.6 Å². The number of imidazole rings is 1. The zero-order chi connectivity index (χ0) is 21.5. The number of carbonyl (C=O) groups excluding carboxylic acids is 2. The smallest absolute Gasteiger partial charge is 0.233 e. The van der Waals surface area contributed by atoms with Gasteiger partial charge in [0.05, 0.1) is 11.4 Å². The van der Waals surface area contributed by atoms with E-state index in [2.05, 4.69) is 37.0 Å². The topological polar surface area (TPSA) is 81.2 Å². The molecule has 2 N–H and O–H groups in total. The van der Waals surface area contributed by atoms with Crippen LogP contribution in [0.15, 0.2) is 66.1 Å². The number of hydrogen-bond donors (Lipinski definition) is 1. The van der Waals surface area contributed by atoms with E-state index in [1.54, 1.807) is 11.1 Å². The first kappa shape index (κ1) is 21.6. The van der Waals surface area contributed by atoms with Gasteiger partial charge in [0.25, 0.3) is 0 Å². The van der Waals surface area contributed by atoms with Crippen molar-refractivity contribution in [3.05, 3.63) is 77.6 Å². The highest BCUT2D eigenvalue weighted by Gasteiger charge is 2.17. The molecule has 30 heavy (non-hydrogen) atoms. The number of primary amides is 1. The summed E-state index contributed by atoms with van der Waals surface area (Å²) in [5, 5.41) is 0.755. The quantitative estimate of drug-likeness (QED) is 0.535. The van der Waals surface area contributed by atoms with Crippen LogP contribution in [0.4, 0.5) is 0 Å². The van der Waals surface area contributed by atoms with E-state index in [-0.39, 0.29) is 18.1 Å². The zero-order valence-corrected chi connectivity index (χ0v) is 18.1. The van der Waals surface area contributed by atoms with Crippen LogP contribution in [-0.2, 0) is 16.1 Å². The van der Waals surface area contributed by atoms with E-state index in [4.69, 9.17) is 5.73 Å². The maximum absolute atomic E-state index is 12.9. The van der Waals surface area contributed by atoms with Crippen LogP contribution in [0.25, 0.3) is 5.69 Å². The third kappa shape index (κ3) is 5.73. The summed E-state index contributed by atoms with van der Waals surface area (Å²) in [6.45, 7) is 4.87. The van der Waals surface area contributed by atoms with Gasteiger partial charge in [0.2, 0.25) is 11.8 Å². The number of amides is 2. The minimum absolute atomic E-state index is 0.0553. The second-order valence-electron chi connectivity index (χ2n) is 7.18. The Hall–Kier alpha value is -3.06. The highest BCUT2D eigenvalue weighted by atomic mass is 32.2. The van der Waals surface area contributed by atoms with Crippen LogP contribution in [0.1, 0.15) is 23.1 Å². The summed E-state index contributed by atoms with van der Waals surface area (Å²) in [6, 6.07) is 16.0. The highest BCUT2D eigenvalue weighted by Crippen LogP contribution is 2.24. The number of nitrogens with two attached hydrogens (primary N) is 1. The van der Waals surface area contributed by atoms with Crippen molar-refractivity contribution in [1.82, 2.24) is 14.5 Å². The minimum atomic E-state index is -0.418. The molecule has 0 saturated carbocycles. The van der Waals surface area contributed by atoms with Crippen LogP contribution >= 0.6 is 11.8 Å². The predicted molar refractivity (Wildman–Crippen MR) is 119 cm³/mol. The van der Waals surface area contributed by atoms with Crippen LogP contribution in [0.5, 0.6) is 0 Å². The van der Waals surface area contributed by atoms with Crippen molar-refractivity contribution in [3.8, 4) is 5.69 Å². The second-order valence-corrected chi connectivity index (χ2v) is 8.12. The van der Waals surface area contributed by atoms with E-state index < -0.39 is 5.91 Å². The summed E-state index contributed by atoms with van der Waals surface area (Å²) >= 11 is 1.39. The summed E-state index contributed by atoms with van der Waals surface area (Å²) in [5.74, 6) is -0.243. The fourth-order valence-electron chi connectivity index (χ4n) is 3.21. The van der Waals surface area contributed by atoms with Gasteiger partial charge in [-0.2, -0.15) is 0 Å². The fraction of sp³-hybridized carbons (Fsp3) is 0.261. The van der Waals surface area contributed by atoms with Gasteiger partial charge in [0.1, 0.15) is 0 Å². The van der Waals surface area contributed by atoms with Crippen molar-refractivity contribution >= 4 is 23.6 Å². The number of aryl methyl sites for hydroxylation is 2. The van der Waals surface area contributed by atoms with E-state index in [0.29, 0.717) is 13.1 Å². The van der Waals surface area contributed by atoms with Crippen molar-refractivity contribution < 1.29 is 9.59 Å². The van der Waals surface area contributed by atoms with Crippen molar-refractivity contribution in [2.24, 2.45) is 5.73 Å². The van der Waals surface area contributed by atoms with Crippen molar-refractivity contribution in [1.29, 1.82) is 0 Å². The lowest BCUT2D eigenvalue weighted by molar-refractivity contribution is -0.129. The van der Waals surface area contributed by atoms with Gasteiger partial charge in [-0.15, -0.1) is 0 Å². The Morgan fingerprint density at radius 1 is 1.13 bits per heavy atom. The average Bonchev–Trinajstić information content (AvgIpc) is 3.18. The molecule has 0 radical (unpaired) electrons. The molecule has 1 heterocycles. The van der Waals surface area contributed by atoms with E-state index >= 15 is 0 Å². The van der Waals surface area contributed by atoms with Crippen LogP contribution in [0.2, 0.25) is 0 Å². The molecule has 0 fully saturated rings. The second kappa shape index (κ2) is 10.1. The van der Waals surface area contributed by atoms with Crippen LogP contribution in [0.3, 0.4) is 0 Å². The molecule has 6 nitrogen and oxygen atoms in total. The number of hydrogen-bond acceptors (Lipinski definition) is 4. The van der Waals surface area contributed by atoms with Crippen LogP contribution < -0.4 is 5.73 Å². The highest BCUT2D eigenvalue weighted by molar-refractivity contribution is 7.99.